The van der Waals surface area contributed by atoms with Gasteiger partial charge in [0.1, 0.15) is 23.4 Å². The number of rotatable bonds is 9. The van der Waals surface area contributed by atoms with E-state index in [1.165, 1.54) is 20.4 Å². The van der Waals surface area contributed by atoms with Gasteiger partial charge in [-0.25, -0.2) is 14.8 Å². The normalized spacial score (nSPS) is 20.8. The quantitative estimate of drug-likeness (QED) is 0.408. The van der Waals surface area contributed by atoms with Crippen molar-refractivity contribution >= 4 is 29.3 Å². The molecule has 1 aliphatic carbocycles. The number of aromatic nitrogens is 2. The third-order valence-electron chi connectivity index (χ3n) is 8.67. The fourth-order valence-corrected chi connectivity index (χ4v) is 6.18. The third-order valence-corrected chi connectivity index (χ3v) is 8.67. The number of pyridine rings is 2. The SMILES string of the molecule is COC1CCC(Nc2cc(NC(=O)N3CCCc4cc(CN5CCN(C)CC5=O)c(C(OC)OC)nc43)ncc2C#N)CC1. The highest BCUT2D eigenvalue weighted by molar-refractivity contribution is 6.01. The van der Waals surface area contributed by atoms with Crippen LogP contribution in [0.1, 0.15) is 60.8 Å². The lowest BCUT2D eigenvalue weighted by Crippen LogP contribution is -2.48. The van der Waals surface area contributed by atoms with Crippen LogP contribution in [0.5, 0.6) is 0 Å². The van der Waals surface area contributed by atoms with E-state index >= 15 is 0 Å². The molecule has 0 aromatic carbocycles. The van der Waals surface area contributed by atoms with Crippen LogP contribution in [0.25, 0.3) is 0 Å². The number of hydrogen-bond acceptors (Lipinski definition) is 10. The minimum atomic E-state index is -0.766. The maximum Gasteiger partial charge on any atom is 0.328 e. The van der Waals surface area contributed by atoms with Crippen LogP contribution in [-0.4, -0.2) is 98.4 Å². The van der Waals surface area contributed by atoms with Gasteiger partial charge in [-0.05, 0) is 62.8 Å². The summed E-state index contributed by atoms with van der Waals surface area (Å²) in [6, 6.07) is 5.77. The van der Waals surface area contributed by atoms with Gasteiger partial charge in [-0.3, -0.25) is 19.9 Å². The number of nitrogens with one attached hydrogen (secondary N) is 2. The van der Waals surface area contributed by atoms with E-state index in [4.69, 9.17) is 19.2 Å². The maximum absolute atomic E-state index is 13.7. The third kappa shape index (κ3) is 7.10. The Balaban J connectivity index is 1.36. The summed E-state index contributed by atoms with van der Waals surface area (Å²) in [4.78, 5) is 41.1. The van der Waals surface area contributed by atoms with E-state index in [0.717, 1.165) is 56.2 Å². The predicted octanol–water partition coefficient (Wildman–Crippen LogP) is 3.27. The molecule has 5 rings (SSSR count). The van der Waals surface area contributed by atoms with Gasteiger partial charge in [0.05, 0.1) is 23.9 Å². The predicted molar refractivity (Wildman–Crippen MR) is 164 cm³/mol. The number of piperazine rings is 1. The molecular formula is C31H42N8O5. The number of carbonyl (C=O) groups is 2. The molecule has 2 fully saturated rings. The molecule has 13 heteroatoms. The highest BCUT2D eigenvalue weighted by atomic mass is 16.7. The van der Waals surface area contributed by atoms with Gasteiger partial charge in [-0.2, -0.15) is 5.26 Å². The Bertz CT molecular complexity index is 1390. The van der Waals surface area contributed by atoms with Crippen molar-refractivity contribution in [2.24, 2.45) is 0 Å². The van der Waals surface area contributed by atoms with Crippen LogP contribution < -0.4 is 15.5 Å². The number of nitriles is 1. The zero-order valence-corrected chi connectivity index (χ0v) is 26.0. The second-order valence-corrected chi connectivity index (χ2v) is 11.6. The molecule has 2 aliphatic heterocycles. The number of likely N-dealkylation sites (N-methyl/N-ethyl adjacent to an activating group) is 1. The van der Waals surface area contributed by atoms with Crippen molar-refractivity contribution in [1.29, 1.82) is 5.26 Å². The molecule has 0 unspecified atom stereocenters. The molecule has 0 atom stereocenters. The van der Waals surface area contributed by atoms with Gasteiger partial charge in [0.2, 0.25) is 12.2 Å². The number of anilines is 3. The number of urea groups is 1. The van der Waals surface area contributed by atoms with Gasteiger partial charge < -0.3 is 24.4 Å². The summed E-state index contributed by atoms with van der Waals surface area (Å²) in [6.45, 7) is 2.64. The average Bonchev–Trinajstić information content (AvgIpc) is 3.03. The minimum absolute atomic E-state index is 0.0567. The molecule has 1 saturated carbocycles. The van der Waals surface area contributed by atoms with Crippen molar-refractivity contribution in [3.8, 4) is 6.07 Å². The fraction of sp³-hybridized carbons (Fsp3) is 0.581. The van der Waals surface area contributed by atoms with Crippen LogP contribution in [0, 0.1) is 11.3 Å². The largest absolute Gasteiger partial charge is 0.381 e. The van der Waals surface area contributed by atoms with Crippen molar-refractivity contribution in [2.75, 3.05) is 70.1 Å². The molecule has 1 saturated heterocycles. The van der Waals surface area contributed by atoms with Crippen LogP contribution in [0.3, 0.4) is 0 Å². The van der Waals surface area contributed by atoms with Crippen LogP contribution in [0.2, 0.25) is 0 Å². The number of fused-ring (bicyclic) bond motifs is 1. The zero-order chi connectivity index (χ0) is 31.2. The molecule has 13 nitrogen and oxygen atoms in total. The van der Waals surface area contributed by atoms with Crippen LogP contribution >= 0.6 is 0 Å². The molecule has 3 aliphatic rings. The van der Waals surface area contributed by atoms with Crippen LogP contribution in [0.4, 0.5) is 22.1 Å². The topological polar surface area (TPSA) is 145 Å². The fourth-order valence-electron chi connectivity index (χ4n) is 6.18. The highest BCUT2D eigenvalue weighted by Gasteiger charge is 2.30. The molecule has 3 amide bonds. The van der Waals surface area contributed by atoms with Crippen molar-refractivity contribution in [1.82, 2.24) is 19.8 Å². The standard InChI is InChI=1S/C31H42N8O5/c1-37-12-13-38(27(40)19-37)18-21-14-20-6-5-11-39(29(20)36-28(21)30(43-3)44-4)31(41)35-26-15-25(22(16-32)17-33-26)34-23-7-9-24(42-2)10-8-23/h14-15,17,23-24,30H,5-13,18-19H2,1-4H3,(H2,33,34,35,41). The molecular weight excluding hydrogens is 564 g/mol. The molecule has 0 bridgehead atoms. The van der Waals surface area contributed by atoms with E-state index in [-0.39, 0.29) is 24.1 Å². The summed E-state index contributed by atoms with van der Waals surface area (Å²) < 4.78 is 16.7. The minimum Gasteiger partial charge on any atom is -0.381 e. The molecule has 0 spiro atoms. The van der Waals surface area contributed by atoms with E-state index in [1.54, 1.807) is 18.1 Å². The van der Waals surface area contributed by atoms with Gasteiger partial charge in [0.25, 0.3) is 0 Å². The van der Waals surface area contributed by atoms with Gasteiger partial charge >= 0.3 is 6.03 Å². The molecule has 236 valence electrons. The Hall–Kier alpha value is -3.83. The summed E-state index contributed by atoms with van der Waals surface area (Å²) in [5, 5.41) is 16.1. The van der Waals surface area contributed by atoms with Gasteiger partial charge in [0.15, 0.2) is 0 Å². The van der Waals surface area contributed by atoms with Crippen molar-refractivity contribution in [3.05, 3.63) is 40.7 Å². The number of carbonyl (C=O) groups excluding carboxylic acids is 2. The first-order valence-corrected chi connectivity index (χ1v) is 15.2. The van der Waals surface area contributed by atoms with Crippen LogP contribution in [0.15, 0.2) is 18.3 Å². The summed E-state index contributed by atoms with van der Waals surface area (Å²) >= 11 is 0. The summed E-state index contributed by atoms with van der Waals surface area (Å²) in [5.41, 5.74) is 3.35. The Labute approximate surface area is 258 Å². The number of ether oxygens (including phenoxy) is 3. The second kappa shape index (κ2) is 14.3. The molecule has 2 N–H and O–H groups in total. The van der Waals surface area contributed by atoms with E-state index in [2.05, 4.69) is 21.7 Å². The van der Waals surface area contributed by atoms with E-state index in [0.29, 0.717) is 54.8 Å². The highest BCUT2D eigenvalue weighted by Crippen LogP contribution is 2.33. The lowest BCUT2D eigenvalue weighted by atomic mass is 9.92. The smallest absolute Gasteiger partial charge is 0.328 e. The average molecular weight is 607 g/mol. The number of nitrogens with zero attached hydrogens (tertiary/aromatic N) is 6. The second-order valence-electron chi connectivity index (χ2n) is 11.6. The maximum atomic E-state index is 13.7. The van der Waals surface area contributed by atoms with Gasteiger partial charge in [-0.15, -0.1) is 0 Å². The first-order valence-electron chi connectivity index (χ1n) is 15.2. The van der Waals surface area contributed by atoms with E-state index < -0.39 is 6.29 Å². The summed E-state index contributed by atoms with van der Waals surface area (Å²) in [5.74, 6) is 0.922. The Morgan fingerprint density at radius 1 is 1.14 bits per heavy atom. The first-order chi connectivity index (χ1) is 21.3. The van der Waals surface area contributed by atoms with Crippen molar-refractivity contribution in [2.45, 2.75) is 63.5 Å². The number of hydrogen-bond donors (Lipinski definition) is 2. The van der Waals surface area contributed by atoms with Crippen LogP contribution in [-0.2, 0) is 32.0 Å². The molecule has 4 heterocycles. The zero-order valence-electron chi connectivity index (χ0n) is 26.0. The first kappa shape index (κ1) is 31.6. The summed E-state index contributed by atoms with van der Waals surface area (Å²) in [6.07, 6.45) is 6.25. The number of methoxy groups -OCH3 is 3. The Kier molecular flexibility index (Phi) is 10.3. The monoisotopic (exact) mass is 606 g/mol. The number of amides is 3. The summed E-state index contributed by atoms with van der Waals surface area (Å²) in [7, 11) is 6.75. The van der Waals surface area contributed by atoms with Crippen molar-refractivity contribution in [3.63, 3.8) is 0 Å². The molecule has 2 aromatic heterocycles. The molecule has 44 heavy (non-hydrogen) atoms. The van der Waals surface area contributed by atoms with E-state index in [1.807, 2.05) is 22.9 Å². The Morgan fingerprint density at radius 2 is 1.91 bits per heavy atom. The number of aryl methyl sites for hydroxylation is 1. The lowest BCUT2D eigenvalue weighted by molar-refractivity contribution is -0.136. The van der Waals surface area contributed by atoms with Gasteiger partial charge in [-0.1, -0.05) is 0 Å². The molecule has 0 radical (unpaired) electrons. The van der Waals surface area contributed by atoms with E-state index in [9.17, 15) is 14.9 Å². The Morgan fingerprint density at radius 3 is 2.59 bits per heavy atom. The lowest BCUT2D eigenvalue weighted by Gasteiger charge is -2.34. The molecule has 2 aromatic rings. The van der Waals surface area contributed by atoms with Gasteiger partial charge in [0, 0.05) is 65.8 Å². The van der Waals surface area contributed by atoms with Crippen molar-refractivity contribution < 1.29 is 23.8 Å².